The van der Waals surface area contributed by atoms with Crippen molar-refractivity contribution in [3.8, 4) is 11.1 Å². The molecule has 1 aliphatic carbocycles. The van der Waals surface area contributed by atoms with Crippen molar-refractivity contribution in [2.24, 2.45) is 11.8 Å². The number of amides is 2. The maximum atomic E-state index is 13.5. The van der Waals surface area contributed by atoms with E-state index in [1.165, 1.54) is 0 Å². The molecule has 2 amide bonds. The molecule has 2 bridgehead atoms. The summed E-state index contributed by atoms with van der Waals surface area (Å²) < 4.78 is 35.6. The van der Waals surface area contributed by atoms with Crippen molar-refractivity contribution in [3.05, 3.63) is 145 Å². The molecule has 0 aromatic heterocycles. The number of allylic oxidation sites excluding steroid dienone is 12. The summed E-state index contributed by atoms with van der Waals surface area (Å²) in [7, 11) is 0. The summed E-state index contributed by atoms with van der Waals surface area (Å²) >= 11 is 0. The second-order valence-electron chi connectivity index (χ2n) is 22.2. The predicted octanol–water partition coefficient (Wildman–Crippen LogP) is 4.71. The lowest BCUT2D eigenvalue weighted by Gasteiger charge is -2.45. The van der Waals surface area contributed by atoms with Crippen molar-refractivity contribution in [3.63, 3.8) is 0 Å². The van der Waals surface area contributed by atoms with Gasteiger partial charge in [0, 0.05) is 43.4 Å². The third kappa shape index (κ3) is 17.6. The number of esters is 1. The van der Waals surface area contributed by atoms with Gasteiger partial charge >= 0.3 is 18.2 Å². The normalized spacial score (nSPS) is 39.5. The molecule has 0 radical (unpaired) electrons. The van der Waals surface area contributed by atoms with Gasteiger partial charge in [0.2, 0.25) is 0 Å². The molecule has 19 atom stereocenters. The number of rotatable bonds is 5. The number of ether oxygens (including phenoxy) is 6. The average molecular weight is 1140 g/mol. The monoisotopic (exact) mass is 1140 g/mol. The summed E-state index contributed by atoms with van der Waals surface area (Å²) in [6.07, 6.45) is 3.80. The van der Waals surface area contributed by atoms with Crippen LogP contribution in [0.5, 0.6) is 0 Å². The van der Waals surface area contributed by atoms with E-state index in [9.17, 15) is 60.3 Å². The third-order valence-electron chi connectivity index (χ3n) is 15.8. The van der Waals surface area contributed by atoms with Gasteiger partial charge in [0.05, 0.1) is 73.4 Å². The SMILES string of the molecule is CC1OC(O[C@H]2/C=C/C=C/C=C/C=C/C=C/C=C/C=C/[C@H](C)[C@@H](O)[C@@H](C)[C@H](C)OC(=O)C[C@H](O)C[C@H](O)CC[C@@H](O)[C@H](O)C[C@H](O)C[C@]3(O)C[C@@H]4OC(=O)N[C@H]4[C@H](C2)O3)C(O)C(NC(=O)OCC2c3ccccc3-c3ccccc32)C1O. The predicted molar refractivity (Wildman–Crippen MR) is 301 cm³/mol. The number of fused-ring (bicyclic) bond motifs is 7. The summed E-state index contributed by atoms with van der Waals surface area (Å²) in [6, 6.07) is 13.6. The molecule has 3 saturated heterocycles. The number of carbonyl (C=O) groups excluding carboxylic acids is 3. The molecule has 0 saturated carbocycles. The quantitative estimate of drug-likeness (QED) is 0.143. The van der Waals surface area contributed by atoms with Crippen LogP contribution in [-0.2, 0) is 33.2 Å². The molecule has 7 rings (SSSR count). The van der Waals surface area contributed by atoms with Crippen LogP contribution in [0.15, 0.2) is 134 Å². The molecule has 3 fully saturated rings. The van der Waals surface area contributed by atoms with Crippen LogP contribution in [0.2, 0.25) is 0 Å². The van der Waals surface area contributed by atoms with E-state index in [2.05, 4.69) is 10.6 Å². The van der Waals surface area contributed by atoms with Crippen molar-refractivity contribution in [2.45, 2.75) is 188 Å². The van der Waals surface area contributed by atoms with Gasteiger partial charge in [-0.15, -0.1) is 0 Å². The number of alkyl carbamates (subject to hydrolysis) is 2. The standard InChI is InChI=1S/C62H82N2O18/c1-36-21-15-13-11-9-7-5-6-8-10-12-14-16-22-43(80-59-58(73)55(57(72)39(4)79-59)64-60(74)77-35-48-46-25-19-17-23-44(46)45-24-18-20-26-47(45)48)32-51-54-52(81-61(75)63-54)34-62(76,82-51)33-42(67)30-50(69)49(68)28-27-40(65)29-41(66)31-53(70)78-38(3)37(2)56(36)71/h5-26,36-43,48-52,54-59,65-69,71-73,76H,27-35H2,1-4H3,(H,63,75)(H,64,74)/b6-5+,9-7+,10-8+,13-11+,14-12+,21-15+,22-16+/t36-,37-,38-,39?,40+,41+,42-,43-,49+,50+,51-,52-,54-,55?,56+,57?,58?,59?,62+/m0/s1. The molecule has 5 aliphatic rings. The van der Waals surface area contributed by atoms with Gasteiger partial charge in [0.25, 0.3) is 0 Å². The van der Waals surface area contributed by atoms with E-state index in [-0.39, 0.29) is 50.5 Å². The van der Waals surface area contributed by atoms with Crippen LogP contribution in [0.3, 0.4) is 0 Å². The number of hydrogen-bond donors (Lipinski definition) is 11. The fourth-order valence-corrected chi connectivity index (χ4v) is 11.1. The van der Waals surface area contributed by atoms with Crippen molar-refractivity contribution in [1.29, 1.82) is 0 Å². The first kappa shape index (κ1) is 63.7. The van der Waals surface area contributed by atoms with E-state index in [0.717, 1.165) is 22.3 Å². The molecule has 4 aliphatic heterocycles. The topological polar surface area (TPSA) is 313 Å². The van der Waals surface area contributed by atoms with E-state index in [1.807, 2.05) is 98.0 Å². The van der Waals surface area contributed by atoms with Crippen LogP contribution in [0.1, 0.15) is 96.1 Å². The summed E-state index contributed by atoms with van der Waals surface area (Å²) in [4.78, 5) is 39.0. The Morgan fingerprint density at radius 3 is 1.88 bits per heavy atom. The Bertz CT molecular complexity index is 2590. The smallest absolute Gasteiger partial charge is 0.407 e. The van der Waals surface area contributed by atoms with Gasteiger partial charge in [-0.25, -0.2) is 9.59 Å². The summed E-state index contributed by atoms with van der Waals surface area (Å²) in [5.74, 6) is -3.88. The van der Waals surface area contributed by atoms with E-state index in [4.69, 9.17) is 28.4 Å². The molecular weight excluding hydrogens is 1060 g/mol. The number of aliphatic hydroxyl groups is 9. The van der Waals surface area contributed by atoms with Crippen LogP contribution in [0, 0.1) is 11.8 Å². The van der Waals surface area contributed by atoms with E-state index >= 15 is 0 Å². The van der Waals surface area contributed by atoms with E-state index < -0.39 is 147 Å². The van der Waals surface area contributed by atoms with Gasteiger partial charge in [-0.2, -0.15) is 0 Å². The van der Waals surface area contributed by atoms with Crippen LogP contribution in [-0.4, -0.2) is 174 Å². The summed E-state index contributed by atoms with van der Waals surface area (Å²) in [5, 5.41) is 106. The highest BCUT2D eigenvalue weighted by Gasteiger charge is 2.53. The van der Waals surface area contributed by atoms with Gasteiger partial charge in [-0.05, 0) is 55.4 Å². The van der Waals surface area contributed by atoms with Crippen molar-refractivity contribution in [2.75, 3.05) is 6.61 Å². The second-order valence-corrected chi connectivity index (χ2v) is 22.2. The van der Waals surface area contributed by atoms with E-state index in [1.54, 1.807) is 63.3 Å². The first-order valence-corrected chi connectivity index (χ1v) is 28.3. The van der Waals surface area contributed by atoms with Crippen LogP contribution in [0.4, 0.5) is 9.59 Å². The minimum absolute atomic E-state index is 0.0227. The highest BCUT2D eigenvalue weighted by atomic mass is 16.7. The molecule has 448 valence electrons. The van der Waals surface area contributed by atoms with Gasteiger partial charge in [-0.1, -0.05) is 147 Å². The molecule has 4 heterocycles. The minimum Gasteiger partial charge on any atom is -0.462 e. The molecule has 5 unspecified atom stereocenters. The number of benzene rings is 2. The van der Waals surface area contributed by atoms with Crippen molar-refractivity contribution < 1.29 is 88.8 Å². The Hall–Kier alpha value is -5.85. The minimum atomic E-state index is -2.16. The lowest BCUT2D eigenvalue weighted by Crippen LogP contribution is -2.64. The Kier molecular flexibility index (Phi) is 23.4. The Labute approximate surface area is 478 Å². The van der Waals surface area contributed by atoms with Gasteiger partial charge in [-0.3, -0.25) is 4.79 Å². The van der Waals surface area contributed by atoms with Gasteiger partial charge < -0.3 is 85.0 Å². The third-order valence-corrected chi connectivity index (χ3v) is 15.8. The van der Waals surface area contributed by atoms with Crippen LogP contribution >= 0.6 is 0 Å². The molecule has 20 heteroatoms. The van der Waals surface area contributed by atoms with Gasteiger partial charge in [0.1, 0.15) is 31.0 Å². The lowest BCUT2D eigenvalue weighted by molar-refractivity contribution is -0.299. The highest BCUT2D eigenvalue weighted by molar-refractivity contribution is 5.79. The van der Waals surface area contributed by atoms with Crippen LogP contribution < -0.4 is 10.6 Å². The zero-order valence-corrected chi connectivity index (χ0v) is 46.7. The maximum Gasteiger partial charge on any atom is 0.407 e. The molecule has 82 heavy (non-hydrogen) atoms. The molecular formula is C62H82N2O18. The average Bonchev–Trinajstić information content (AvgIpc) is 4.19. The molecule has 11 N–H and O–H groups in total. The number of carbonyl (C=O) groups is 3. The second kappa shape index (κ2) is 30.1. The van der Waals surface area contributed by atoms with E-state index in [0.29, 0.717) is 0 Å². The Morgan fingerprint density at radius 1 is 0.646 bits per heavy atom. The number of cyclic esters (lactones) is 1. The largest absolute Gasteiger partial charge is 0.462 e. The van der Waals surface area contributed by atoms with Gasteiger partial charge in [0.15, 0.2) is 12.1 Å². The number of hydrogen-bond acceptors (Lipinski definition) is 18. The zero-order valence-electron chi connectivity index (χ0n) is 46.7. The fourth-order valence-electron chi connectivity index (χ4n) is 11.1. The molecule has 20 nitrogen and oxygen atoms in total. The number of nitrogens with one attached hydrogen (secondary N) is 2. The van der Waals surface area contributed by atoms with Crippen LogP contribution in [0.25, 0.3) is 11.1 Å². The molecule has 2 aromatic rings. The fraction of sp³-hybridized carbons (Fsp3) is 0.532. The summed E-state index contributed by atoms with van der Waals surface area (Å²) in [5.41, 5.74) is 4.08. The Balaban J connectivity index is 1.07. The Morgan fingerprint density at radius 2 is 1.24 bits per heavy atom. The van der Waals surface area contributed by atoms with Crippen molar-refractivity contribution >= 4 is 18.2 Å². The highest BCUT2D eigenvalue weighted by Crippen LogP contribution is 2.45. The molecule has 0 spiro atoms. The first-order valence-electron chi connectivity index (χ1n) is 28.3. The first-order chi connectivity index (χ1) is 39.2. The van der Waals surface area contributed by atoms with Crippen molar-refractivity contribution in [1.82, 2.24) is 10.6 Å². The maximum absolute atomic E-state index is 13.5. The molecule has 2 aromatic carbocycles. The number of aliphatic hydroxyl groups excluding tert-OH is 8. The lowest BCUT2D eigenvalue weighted by atomic mass is 9.87. The zero-order chi connectivity index (χ0) is 59.1. The summed E-state index contributed by atoms with van der Waals surface area (Å²) in [6.45, 7) is 6.77.